The Labute approximate surface area is 166 Å². The van der Waals surface area contributed by atoms with Gasteiger partial charge in [0.25, 0.3) is 0 Å². The van der Waals surface area contributed by atoms with Crippen LogP contribution in [0.15, 0.2) is 29.2 Å². The Morgan fingerprint density at radius 2 is 2.04 bits per heavy atom. The van der Waals surface area contributed by atoms with Crippen LogP contribution < -0.4 is 10.7 Å². The lowest BCUT2D eigenvalue weighted by Crippen LogP contribution is -2.37. The number of aromatic carboxylic acids is 1. The van der Waals surface area contributed by atoms with Gasteiger partial charge in [0.2, 0.25) is 5.43 Å². The van der Waals surface area contributed by atoms with Crippen LogP contribution in [0.4, 0.5) is 0 Å². The molecule has 1 fully saturated rings. The number of nitrogens with one attached hydrogen (secondary N) is 2. The van der Waals surface area contributed by atoms with Gasteiger partial charge in [0, 0.05) is 45.4 Å². The van der Waals surface area contributed by atoms with Crippen molar-refractivity contribution in [2.45, 2.75) is 44.6 Å². The second-order valence-corrected chi connectivity index (χ2v) is 9.60. The number of carboxylic acid groups (broad SMARTS) is 1. The number of thiophene rings is 1. The van der Waals surface area contributed by atoms with Crippen LogP contribution in [-0.4, -0.2) is 22.6 Å². The van der Waals surface area contributed by atoms with Crippen molar-refractivity contribution in [3.63, 3.8) is 0 Å². The molecule has 0 unspecified atom stereocenters. The lowest BCUT2D eigenvalue weighted by molar-refractivity contribution is 0.0695. The molecule has 0 amide bonds. The van der Waals surface area contributed by atoms with Crippen LogP contribution in [0.3, 0.4) is 0 Å². The average molecular weight is 394 g/mol. The van der Waals surface area contributed by atoms with Crippen molar-refractivity contribution >= 4 is 28.2 Å². The summed E-state index contributed by atoms with van der Waals surface area (Å²) < 4.78 is 0. The van der Waals surface area contributed by atoms with Gasteiger partial charge in [-0.15, -0.1) is 11.3 Å². The lowest BCUT2D eigenvalue weighted by atomic mass is 9.86. The molecule has 1 saturated carbocycles. The maximum absolute atomic E-state index is 12.7. The Morgan fingerprint density at radius 1 is 1.25 bits per heavy atom. The van der Waals surface area contributed by atoms with Gasteiger partial charge in [-0.3, -0.25) is 4.79 Å². The molecule has 2 aliphatic rings. The molecule has 0 saturated heterocycles. The number of hydrogen-bond donors (Lipinski definition) is 3. The SMILES string of the molecule is CC1(C)CNCc2cc(-c3cc4[nH]cc(C(=O)O)c(=O)c4cc3C3CC3)sc21. The molecule has 5 nitrogen and oxygen atoms in total. The summed E-state index contributed by atoms with van der Waals surface area (Å²) >= 11 is 1.85. The minimum Gasteiger partial charge on any atom is -0.477 e. The second kappa shape index (κ2) is 6.03. The van der Waals surface area contributed by atoms with Crippen molar-refractivity contribution in [2.75, 3.05) is 6.54 Å². The van der Waals surface area contributed by atoms with E-state index in [1.54, 1.807) is 0 Å². The summed E-state index contributed by atoms with van der Waals surface area (Å²) in [5.74, 6) is -0.738. The van der Waals surface area contributed by atoms with Crippen LogP contribution in [0.25, 0.3) is 21.3 Å². The standard InChI is InChI=1S/C22H22N2O3S/c1-22(2)10-23-8-12-5-18(28-20(12)22)14-7-17-15(6-13(14)11-3-4-11)19(25)16(9-24-17)21(26)27/h5-7,9,11,23H,3-4,8,10H2,1-2H3,(H,24,25)(H,26,27). The Bertz CT molecular complexity index is 1180. The topological polar surface area (TPSA) is 82.2 Å². The van der Waals surface area contributed by atoms with Gasteiger partial charge in [-0.1, -0.05) is 13.8 Å². The summed E-state index contributed by atoms with van der Waals surface area (Å²) in [6.45, 7) is 6.40. The monoisotopic (exact) mass is 394 g/mol. The third-order valence-corrected chi connectivity index (χ3v) is 7.45. The minimum absolute atomic E-state index is 0.109. The van der Waals surface area contributed by atoms with Crippen molar-refractivity contribution < 1.29 is 9.90 Å². The van der Waals surface area contributed by atoms with Crippen molar-refractivity contribution in [1.29, 1.82) is 0 Å². The van der Waals surface area contributed by atoms with E-state index < -0.39 is 11.4 Å². The van der Waals surface area contributed by atoms with E-state index in [4.69, 9.17) is 0 Å². The summed E-state index contributed by atoms with van der Waals surface area (Å²) in [5, 5.41) is 13.2. The molecule has 0 spiro atoms. The van der Waals surface area contributed by atoms with Crippen LogP contribution >= 0.6 is 11.3 Å². The van der Waals surface area contributed by atoms with E-state index in [2.05, 4.69) is 30.2 Å². The van der Waals surface area contributed by atoms with Gasteiger partial charge in [0.1, 0.15) is 5.56 Å². The second-order valence-electron chi connectivity index (χ2n) is 8.55. The molecule has 0 bridgehead atoms. The van der Waals surface area contributed by atoms with Gasteiger partial charge in [0.15, 0.2) is 0 Å². The summed E-state index contributed by atoms with van der Waals surface area (Å²) in [7, 11) is 0. The Balaban J connectivity index is 1.73. The molecule has 1 aliphatic heterocycles. The van der Waals surface area contributed by atoms with Gasteiger partial charge < -0.3 is 15.4 Å². The van der Waals surface area contributed by atoms with E-state index in [0.717, 1.165) is 25.9 Å². The van der Waals surface area contributed by atoms with Crippen LogP contribution in [0, 0.1) is 0 Å². The fraction of sp³-hybridized carbons (Fsp3) is 0.364. The molecular formula is C22H22N2O3S. The third-order valence-electron chi connectivity index (χ3n) is 5.87. The molecule has 3 N–H and O–H groups in total. The molecule has 144 valence electrons. The van der Waals surface area contributed by atoms with Crippen LogP contribution in [0.5, 0.6) is 0 Å². The zero-order chi connectivity index (χ0) is 19.6. The number of pyridine rings is 1. The largest absolute Gasteiger partial charge is 0.477 e. The molecular weight excluding hydrogens is 372 g/mol. The summed E-state index contributed by atoms with van der Waals surface area (Å²) in [5.41, 5.74) is 3.88. The van der Waals surface area contributed by atoms with Gasteiger partial charge in [-0.05, 0) is 53.6 Å². The maximum Gasteiger partial charge on any atom is 0.341 e. The molecule has 5 rings (SSSR count). The first kappa shape index (κ1) is 17.6. The van der Waals surface area contributed by atoms with Crippen LogP contribution in [0.2, 0.25) is 0 Å². The number of aromatic nitrogens is 1. The van der Waals surface area contributed by atoms with Crippen molar-refractivity contribution in [3.8, 4) is 10.4 Å². The first-order valence-electron chi connectivity index (χ1n) is 9.62. The Hall–Kier alpha value is -2.44. The zero-order valence-corrected chi connectivity index (χ0v) is 16.7. The van der Waals surface area contributed by atoms with E-state index in [-0.39, 0.29) is 11.0 Å². The zero-order valence-electron chi connectivity index (χ0n) is 15.9. The average Bonchev–Trinajstić information content (AvgIpc) is 3.39. The normalized spacial score (nSPS) is 18.2. The molecule has 1 aromatic carbocycles. The number of benzene rings is 1. The number of carbonyl (C=O) groups is 1. The molecule has 6 heteroatoms. The number of aromatic amines is 1. The molecule has 2 aromatic heterocycles. The molecule has 28 heavy (non-hydrogen) atoms. The highest BCUT2D eigenvalue weighted by Crippen LogP contribution is 2.48. The van der Waals surface area contributed by atoms with E-state index in [0.29, 0.717) is 16.8 Å². The highest BCUT2D eigenvalue weighted by atomic mass is 32.1. The summed E-state index contributed by atoms with van der Waals surface area (Å²) in [4.78, 5) is 29.7. The molecule has 3 aromatic rings. The van der Waals surface area contributed by atoms with E-state index in [9.17, 15) is 14.7 Å². The molecule has 3 heterocycles. The van der Waals surface area contributed by atoms with E-state index in [1.807, 2.05) is 23.5 Å². The number of hydrogen-bond acceptors (Lipinski definition) is 4. The molecule has 0 atom stereocenters. The summed E-state index contributed by atoms with van der Waals surface area (Å²) in [6, 6.07) is 6.24. The fourth-order valence-electron chi connectivity index (χ4n) is 4.24. The van der Waals surface area contributed by atoms with E-state index >= 15 is 0 Å². The highest BCUT2D eigenvalue weighted by Gasteiger charge is 2.32. The smallest absolute Gasteiger partial charge is 0.341 e. The van der Waals surface area contributed by atoms with Crippen molar-refractivity contribution in [1.82, 2.24) is 10.3 Å². The number of H-pyrrole nitrogens is 1. The van der Waals surface area contributed by atoms with Crippen LogP contribution in [0.1, 0.15) is 59.0 Å². The van der Waals surface area contributed by atoms with Crippen molar-refractivity contribution in [3.05, 3.63) is 56.2 Å². The molecule has 0 radical (unpaired) electrons. The number of fused-ring (bicyclic) bond motifs is 2. The highest BCUT2D eigenvalue weighted by molar-refractivity contribution is 7.15. The van der Waals surface area contributed by atoms with Gasteiger partial charge in [0.05, 0.1) is 0 Å². The number of rotatable bonds is 3. The minimum atomic E-state index is -1.19. The Kier molecular flexibility index (Phi) is 3.80. The quantitative estimate of drug-likeness (QED) is 0.621. The van der Waals surface area contributed by atoms with Crippen molar-refractivity contribution in [2.24, 2.45) is 0 Å². The molecule has 1 aliphatic carbocycles. The maximum atomic E-state index is 12.7. The lowest BCUT2D eigenvalue weighted by Gasteiger charge is -2.30. The van der Waals surface area contributed by atoms with Gasteiger partial charge in [-0.2, -0.15) is 0 Å². The van der Waals surface area contributed by atoms with Gasteiger partial charge >= 0.3 is 5.97 Å². The fourth-order valence-corrected chi connectivity index (χ4v) is 5.56. The van der Waals surface area contributed by atoms with Crippen LogP contribution in [-0.2, 0) is 12.0 Å². The van der Waals surface area contributed by atoms with E-state index in [1.165, 1.54) is 32.6 Å². The Morgan fingerprint density at radius 3 is 2.71 bits per heavy atom. The summed E-state index contributed by atoms with van der Waals surface area (Å²) in [6.07, 6.45) is 3.54. The third kappa shape index (κ3) is 2.71. The first-order chi connectivity index (χ1) is 13.3. The number of carboxylic acids is 1. The first-order valence-corrected chi connectivity index (χ1v) is 10.4. The predicted octanol–water partition coefficient (Wildman–Crippen LogP) is 4.21. The predicted molar refractivity (Wildman–Crippen MR) is 112 cm³/mol. The van der Waals surface area contributed by atoms with Gasteiger partial charge in [-0.25, -0.2) is 4.79 Å².